The highest BCUT2D eigenvalue weighted by molar-refractivity contribution is 5.30. The molecule has 0 saturated carbocycles. The predicted molar refractivity (Wildman–Crippen MR) is 87.5 cm³/mol. The lowest BCUT2D eigenvalue weighted by Crippen LogP contribution is -2.22. The van der Waals surface area contributed by atoms with Gasteiger partial charge in [0.1, 0.15) is 5.75 Å². The zero-order chi connectivity index (χ0) is 15.0. The van der Waals surface area contributed by atoms with Crippen LogP contribution in [0.15, 0.2) is 24.3 Å². The standard InChI is InChI=1S/C18H31NO/c1-6-7-15(4)18(12-19-5)16-8-10-17(11-9-16)20-13-14(2)3/h8-11,14-15,18-19H,6-7,12-13H2,1-5H3. The molecule has 0 heterocycles. The van der Waals surface area contributed by atoms with Gasteiger partial charge in [-0.3, -0.25) is 0 Å². The maximum Gasteiger partial charge on any atom is 0.119 e. The minimum Gasteiger partial charge on any atom is -0.493 e. The molecular weight excluding hydrogens is 246 g/mol. The third-order valence-corrected chi connectivity index (χ3v) is 3.75. The van der Waals surface area contributed by atoms with Crippen LogP contribution in [0.25, 0.3) is 0 Å². The van der Waals surface area contributed by atoms with Crippen molar-refractivity contribution in [1.29, 1.82) is 0 Å². The van der Waals surface area contributed by atoms with Crippen molar-refractivity contribution in [2.75, 3.05) is 20.2 Å². The summed E-state index contributed by atoms with van der Waals surface area (Å²) in [6, 6.07) is 8.67. The Balaban J connectivity index is 2.71. The fourth-order valence-electron chi connectivity index (χ4n) is 2.60. The number of hydrogen-bond donors (Lipinski definition) is 1. The summed E-state index contributed by atoms with van der Waals surface area (Å²) < 4.78 is 5.75. The molecule has 2 nitrogen and oxygen atoms in total. The van der Waals surface area contributed by atoms with Crippen molar-refractivity contribution in [2.45, 2.75) is 46.5 Å². The van der Waals surface area contributed by atoms with Crippen LogP contribution >= 0.6 is 0 Å². The van der Waals surface area contributed by atoms with Gasteiger partial charge in [0.25, 0.3) is 0 Å². The highest BCUT2D eigenvalue weighted by Gasteiger charge is 2.18. The SMILES string of the molecule is CCCC(C)C(CNC)c1ccc(OCC(C)C)cc1. The first-order valence-electron chi connectivity index (χ1n) is 7.95. The largest absolute Gasteiger partial charge is 0.493 e. The van der Waals surface area contributed by atoms with Crippen LogP contribution in [0.1, 0.15) is 52.0 Å². The Morgan fingerprint density at radius 2 is 1.75 bits per heavy atom. The second-order valence-electron chi connectivity index (χ2n) is 6.20. The summed E-state index contributed by atoms with van der Waals surface area (Å²) in [4.78, 5) is 0. The average molecular weight is 277 g/mol. The maximum atomic E-state index is 5.75. The number of nitrogens with one attached hydrogen (secondary N) is 1. The second kappa shape index (κ2) is 9.02. The molecule has 0 spiro atoms. The summed E-state index contributed by atoms with van der Waals surface area (Å²) in [5.41, 5.74) is 1.41. The molecule has 0 aliphatic heterocycles. The summed E-state index contributed by atoms with van der Waals surface area (Å²) in [6.07, 6.45) is 2.52. The van der Waals surface area contributed by atoms with Crippen LogP contribution in [0.5, 0.6) is 5.75 Å². The first-order chi connectivity index (χ1) is 9.58. The summed E-state index contributed by atoms with van der Waals surface area (Å²) in [5, 5.41) is 3.33. The normalized spacial score (nSPS) is 14.3. The molecule has 0 bridgehead atoms. The number of likely N-dealkylation sites (N-methyl/N-ethyl adjacent to an activating group) is 1. The van der Waals surface area contributed by atoms with E-state index in [9.17, 15) is 0 Å². The van der Waals surface area contributed by atoms with Gasteiger partial charge in [0.15, 0.2) is 0 Å². The molecule has 2 atom stereocenters. The number of ether oxygens (including phenoxy) is 1. The van der Waals surface area contributed by atoms with Crippen molar-refractivity contribution in [3.8, 4) is 5.75 Å². The van der Waals surface area contributed by atoms with Crippen molar-refractivity contribution in [1.82, 2.24) is 5.32 Å². The molecule has 0 amide bonds. The van der Waals surface area contributed by atoms with E-state index in [1.807, 2.05) is 7.05 Å². The van der Waals surface area contributed by atoms with Gasteiger partial charge in [-0.2, -0.15) is 0 Å². The van der Waals surface area contributed by atoms with Gasteiger partial charge in [-0.05, 0) is 42.5 Å². The van der Waals surface area contributed by atoms with Crippen LogP contribution in [0.3, 0.4) is 0 Å². The zero-order valence-electron chi connectivity index (χ0n) is 13.8. The molecule has 1 rings (SSSR count). The topological polar surface area (TPSA) is 21.3 Å². The number of rotatable bonds is 9. The molecule has 0 radical (unpaired) electrons. The number of benzene rings is 1. The van der Waals surface area contributed by atoms with Crippen molar-refractivity contribution in [2.24, 2.45) is 11.8 Å². The van der Waals surface area contributed by atoms with Crippen molar-refractivity contribution in [3.63, 3.8) is 0 Å². The highest BCUT2D eigenvalue weighted by Crippen LogP contribution is 2.28. The summed E-state index contributed by atoms with van der Waals surface area (Å²) in [6.45, 7) is 10.8. The van der Waals surface area contributed by atoms with Crippen molar-refractivity contribution >= 4 is 0 Å². The van der Waals surface area contributed by atoms with E-state index in [-0.39, 0.29) is 0 Å². The van der Waals surface area contributed by atoms with E-state index in [4.69, 9.17) is 4.74 Å². The van der Waals surface area contributed by atoms with Crippen molar-refractivity contribution in [3.05, 3.63) is 29.8 Å². The van der Waals surface area contributed by atoms with Crippen LogP contribution in [0, 0.1) is 11.8 Å². The van der Waals surface area contributed by atoms with Gasteiger partial charge in [0.2, 0.25) is 0 Å². The molecule has 0 saturated heterocycles. The molecule has 2 heteroatoms. The van der Waals surface area contributed by atoms with Gasteiger partial charge in [0.05, 0.1) is 6.61 Å². The molecule has 1 aromatic rings. The van der Waals surface area contributed by atoms with E-state index >= 15 is 0 Å². The van der Waals surface area contributed by atoms with E-state index < -0.39 is 0 Å². The molecule has 0 aliphatic rings. The highest BCUT2D eigenvalue weighted by atomic mass is 16.5. The minimum absolute atomic E-state index is 0.566. The summed E-state index contributed by atoms with van der Waals surface area (Å²) in [5.74, 6) is 2.83. The third-order valence-electron chi connectivity index (χ3n) is 3.75. The lowest BCUT2D eigenvalue weighted by molar-refractivity contribution is 0.271. The van der Waals surface area contributed by atoms with Gasteiger partial charge >= 0.3 is 0 Å². The second-order valence-corrected chi connectivity index (χ2v) is 6.20. The first-order valence-corrected chi connectivity index (χ1v) is 7.95. The van der Waals surface area contributed by atoms with Crippen LogP contribution in [0.4, 0.5) is 0 Å². The van der Waals surface area contributed by atoms with Gasteiger partial charge in [-0.1, -0.05) is 52.7 Å². The molecule has 2 unspecified atom stereocenters. The quantitative estimate of drug-likeness (QED) is 0.719. The molecule has 1 aromatic carbocycles. The van der Waals surface area contributed by atoms with E-state index in [0.29, 0.717) is 17.8 Å². The van der Waals surface area contributed by atoms with E-state index in [0.717, 1.165) is 18.9 Å². The van der Waals surface area contributed by atoms with Crippen LogP contribution < -0.4 is 10.1 Å². The molecule has 1 N–H and O–H groups in total. The van der Waals surface area contributed by atoms with Gasteiger partial charge in [0, 0.05) is 6.54 Å². The van der Waals surface area contributed by atoms with Crippen molar-refractivity contribution < 1.29 is 4.74 Å². The Labute approximate surface area is 124 Å². The maximum absolute atomic E-state index is 5.75. The van der Waals surface area contributed by atoms with Crippen LogP contribution in [-0.4, -0.2) is 20.2 Å². The molecule has 0 aliphatic carbocycles. The average Bonchev–Trinajstić information content (AvgIpc) is 2.43. The Hall–Kier alpha value is -1.02. The van der Waals surface area contributed by atoms with Crippen LogP contribution in [0.2, 0.25) is 0 Å². The molecule has 0 fully saturated rings. The lowest BCUT2D eigenvalue weighted by Gasteiger charge is -2.24. The van der Waals surface area contributed by atoms with Gasteiger partial charge in [-0.15, -0.1) is 0 Å². The first kappa shape index (κ1) is 17.0. The fourth-order valence-corrected chi connectivity index (χ4v) is 2.60. The molecular formula is C18H31NO. The summed E-state index contributed by atoms with van der Waals surface area (Å²) in [7, 11) is 2.03. The van der Waals surface area contributed by atoms with E-state index in [1.54, 1.807) is 0 Å². The molecule has 20 heavy (non-hydrogen) atoms. The van der Waals surface area contributed by atoms with Crippen LogP contribution in [-0.2, 0) is 0 Å². The van der Waals surface area contributed by atoms with E-state index in [2.05, 4.69) is 57.3 Å². The zero-order valence-corrected chi connectivity index (χ0v) is 13.8. The molecule has 0 aromatic heterocycles. The number of hydrogen-bond acceptors (Lipinski definition) is 2. The Kier molecular flexibility index (Phi) is 7.68. The summed E-state index contributed by atoms with van der Waals surface area (Å²) >= 11 is 0. The van der Waals surface area contributed by atoms with Gasteiger partial charge in [-0.25, -0.2) is 0 Å². The Morgan fingerprint density at radius 3 is 2.25 bits per heavy atom. The Bertz CT molecular complexity index is 358. The predicted octanol–water partition coefficient (Wildman–Crippen LogP) is 4.46. The molecule has 114 valence electrons. The monoisotopic (exact) mass is 277 g/mol. The van der Waals surface area contributed by atoms with E-state index in [1.165, 1.54) is 18.4 Å². The minimum atomic E-state index is 0.566. The third kappa shape index (κ3) is 5.54. The Morgan fingerprint density at radius 1 is 1.10 bits per heavy atom. The fraction of sp³-hybridized carbons (Fsp3) is 0.667. The smallest absolute Gasteiger partial charge is 0.119 e. The van der Waals surface area contributed by atoms with Gasteiger partial charge < -0.3 is 10.1 Å². The lowest BCUT2D eigenvalue weighted by atomic mass is 9.84.